The third-order valence-corrected chi connectivity index (χ3v) is 7.57. The predicted molar refractivity (Wildman–Crippen MR) is 155 cm³/mol. The van der Waals surface area contributed by atoms with Gasteiger partial charge in [0.15, 0.2) is 0 Å². The first-order valence-corrected chi connectivity index (χ1v) is 13.2. The average Bonchev–Trinajstić information content (AvgIpc) is 2.92. The van der Waals surface area contributed by atoms with Gasteiger partial charge in [-0.2, -0.15) is 0 Å². The van der Waals surface area contributed by atoms with E-state index in [1.165, 1.54) is 0 Å². The molecule has 1 aromatic heterocycles. The summed E-state index contributed by atoms with van der Waals surface area (Å²) in [6.07, 6.45) is 0.525. The predicted octanol–water partition coefficient (Wildman–Crippen LogP) is 7.13. The molecule has 37 heavy (non-hydrogen) atoms. The lowest BCUT2D eigenvalue weighted by molar-refractivity contribution is 0.00392. The molecule has 2 atom stereocenters. The number of aromatic nitrogens is 1. The summed E-state index contributed by atoms with van der Waals surface area (Å²) in [4.78, 5) is 6.98. The van der Waals surface area contributed by atoms with E-state index in [-0.39, 0.29) is 0 Å². The molecule has 0 saturated carbocycles. The minimum absolute atomic E-state index is 0.416. The molecule has 0 unspecified atom stereocenters. The van der Waals surface area contributed by atoms with Gasteiger partial charge in [0.25, 0.3) is 0 Å². The number of nitrogens with zero attached hydrogens (tertiary/aromatic N) is 2. The van der Waals surface area contributed by atoms with Gasteiger partial charge in [-0.05, 0) is 72.7 Å². The SMILES string of the molecule is COc1nc2ccc(Br)cc2cc1[C@H](c1ccccc1)[C@@](O)(CCN(C)C)c1ccc2ccccc2c1. The zero-order valence-electron chi connectivity index (χ0n) is 21.4. The fourth-order valence-electron chi connectivity index (χ4n) is 5.18. The maximum atomic E-state index is 12.9. The number of hydrogen-bond donors (Lipinski definition) is 1. The zero-order chi connectivity index (χ0) is 26.0. The fraction of sp³-hybridized carbons (Fsp3) is 0.219. The van der Waals surface area contributed by atoms with Gasteiger partial charge in [-0.3, -0.25) is 0 Å². The van der Waals surface area contributed by atoms with Crippen LogP contribution in [0, 0.1) is 0 Å². The van der Waals surface area contributed by atoms with E-state index in [4.69, 9.17) is 9.72 Å². The third kappa shape index (κ3) is 5.12. The Hall–Kier alpha value is -3.25. The second-order valence-corrected chi connectivity index (χ2v) is 10.7. The summed E-state index contributed by atoms with van der Waals surface area (Å²) in [5, 5.41) is 16.1. The summed E-state index contributed by atoms with van der Waals surface area (Å²) in [7, 11) is 5.72. The van der Waals surface area contributed by atoms with Crippen LogP contribution in [0.4, 0.5) is 0 Å². The Morgan fingerprint density at radius 2 is 1.59 bits per heavy atom. The molecule has 0 amide bonds. The van der Waals surface area contributed by atoms with Crippen LogP contribution in [0.15, 0.2) is 102 Å². The van der Waals surface area contributed by atoms with Gasteiger partial charge in [0.05, 0.1) is 12.6 Å². The van der Waals surface area contributed by atoms with E-state index < -0.39 is 11.5 Å². The van der Waals surface area contributed by atoms with Crippen molar-refractivity contribution in [2.24, 2.45) is 0 Å². The molecule has 5 rings (SSSR count). The van der Waals surface area contributed by atoms with Gasteiger partial charge in [-0.1, -0.05) is 82.7 Å². The maximum absolute atomic E-state index is 12.9. The average molecular weight is 556 g/mol. The lowest BCUT2D eigenvalue weighted by Gasteiger charge is -2.39. The number of rotatable bonds is 8. The number of ether oxygens (including phenoxy) is 1. The number of pyridine rings is 1. The van der Waals surface area contributed by atoms with Crippen molar-refractivity contribution < 1.29 is 9.84 Å². The number of aliphatic hydroxyl groups is 1. The standard InChI is InChI=1S/C32H31BrN2O2/c1-35(2)18-17-32(36,26-14-13-22-9-7-8-12-24(22)19-26)30(23-10-5-4-6-11-23)28-21-25-20-27(33)15-16-29(25)34-31(28)37-3/h4-16,19-21,30,36H,17-18H2,1-3H3/t30-,32+/m0/s1. The lowest BCUT2D eigenvalue weighted by Crippen LogP contribution is -2.37. The summed E-state index contributed by atoms with van der Waals surface area (Å²) in [6, 6.07) is 32.9. The van der Waals surface area contributed by atoms with Crippen molar-refractivity contribution in [1.82, 2.24) is 9.88 Å². The molecule has 0 aliphatic rings. The Kier molecular flexibility index (Phi) is 7.29. The van der Waals surface area contributed by atoms with Crippen LogP contribution in [0.1, 0.15) is 29.0 Å². The van der Waals surface area contributed by atoms with Crippen LogP contribution < -0.4 is 4.74 Å². The highest BCUT2D eigenvalue weighted by Crippen LogP contribution is 2.47. The van der Waals surface area contributed by atoms with Crippen molar-refractivity contribution in [1.29, 1.82) is 0 Å². The Morgan fingerprint density at radius 1 is 0.865 bits per heavy atom. The first-order chi connectivity index (χ1) is 17.9. The van der Waals surface area contributed by atoms with Crippen LogP contribution in [-0.4, -0.2) is 42.7 Å². The molecule has 5 aromatic rings. The molecule has 0 aliphatic heterocycles. The smallest absolute Gasteiger partial charge is 0.217 e. The molecule has 0 aliphatic carbocycles. The van der Waals surface area contributed by atoms with Crippen LogP contribution >= 0.6 is 15.9 Å². The number of fused-ring (bicyclic) bond motifs is 2. The Labute approximate surface area is 226 Å². The Morgan fingerprint density at radius 3 is 2.32 bits per heavy atom. The molecule has 0 saturated heterocycles. The first kappa shape index (κ1) is 25.4. The van der Waals surface area contributed by atoms with E-state index in [1.807, 2.05) is 56.6 Å². The Bertz CT molecular complexity index is 1540. The van der Waals surface area contributed by atoms with Gasteiger partial charge in [-0.25, -0.2) is 4.98 Å². The lowest BCUT2D eigenvalue weighted by atomic mass is 9.71. The highest BCUT2D eigenvalue weighted by molar-refractivity contribution is 9.10. The van der Waals surface area contributed by atoms with E-state index in [9.17, 15) is 5.11 Å². The normalized spacial score (nSPS) is 14.1. The van der Waals surface area contributed by atoms with Gasteiger partial charge in [-0.15, -0.1) is 0 Å². The van der Waals surface area contributed by atoms with Crippen LogP contribution in [0.25, 0.3) is 21.7 Å². The van der Waals surface area contributed by atoms with Crippen molar-refractivity contribution >= 4 is 37.6 Å². The molecule has 5 heteroatoms. The van der Waals surface area contributed by atoms with Gasteiger partial charge in [0.2, 0.25) is 5.88 Å². The van der Waals surface area contributed by atoms with Crippen molar-refractivity contribution in [3.8, 4) is 5.88 Å². The van der Waals surface area contributed by atoms with Gasteiger partial charge in [0.1, 0.15) is 5.60 Å². The number of hydrogen-bond acceptors (Lipinski definition) is 4. The molecule has 1 N–H and O–H groups in total. The molecule has 0 bridgehead atoms. The zero-order valence-corrected chi connectivity index (χ0v) is 22.9. The summed E-state index contributed by atoms with van der Waals surface area (Å²) >= 11 is 3.60. The summed E-state index contributed by atoms with van der Waals surface area (Å²) < 4.78 is 6.85. The van der Waals surface area contributed by atoms with Crippen molar-refractivity contribution in [3.05, 3.63) is 118 Å². The van der Waals surface area contributed by atoms with E-state index >= 15 is 0 Å². The van der Waals surface area contributed by atoms with E-state index in [2.05, 4.69) is 75.4 Å². The molecule has 188 valence electrons. The number of benzene rings is 4. The molecule has 0 fully saturated rings. The van der Waals surface area contributed by atoms with Crippen LogP contribution in [-0.2, 0) is 5.60 Å². The molecule has 0 spiro atoms. The van der Waals surface area contributed by atoms with Crippen molar-refractivity contribution in [3.63, 3.8) is 0 Å². The molecule has 4 aromatic carbocycles. The van der Waals surface area contributed by atoms with E-state index in [1.54, 1.807) is 7.11 Å². The van der Waals surface area contributed by atoms with Gasteiger partial charge >= 0.3 is 0 Å². The fourth-order valence-corrected chi connectivity index (χ4v) is 5.56. The summed E-state index contributed by atoms with van der Waals surface area (Å²) in [5.41, 5.74) is 2.35. The third-order valence-electron chi connectivity index (χ3n) is 7.07. The highest BCUT2D eigenvalue weighted by Gasteiger charge is 2.42. The second kappa shape index (κ2) is 10.6. The molecule has 0 radical (unpaired) electrons. The van der Waals surface area contributed by atoms with E-state index in [0.717, 1.165) is 42.8 Å². The van der Waals surface area contributed by atoms with Crippen molar-refractivity contribution in [2.75, 3.05) is 27.7 Å². The minimum atomic E-state index is -1.23. The summed E-state index contributed by atoms with van der Waals surface area (Å²) in [5.74, 6) is 0.105. The molecular formula is C32H31BrN2O2. The van der Waals surface area contributed by atoms with Gasteiger partial charge < -0.3 is 14.7 Å². The second-order valence-electron chi connectivity index (χ2n) is 9.81. The monoisotopic (exact) mass is 554 g/mol. The molecule has 1 heterocycles. The van der Waals surface area contributed by atoms with Gasteiger partial charge in [0, 0.05) is 27.9 Å². The molecule has 4 nitrogen and oxygen atoms in total. The van der Waals surface area contributed by atoms with Crippen LogP contribution in [0.3, 0.4) is 0 Å². The highest BCUT2D eigenvalue weighted by atomic mass is 79.9. The van der Waals surface area contributed by atoms with Crippen LogP contribution in [0.2, 0.25) is 0 Å². The summed E-state index contributed by atoms with van der Waals surface area (Å²) in [6.45, 7) is 0.710. The minimum Gasteiger partial charge on any atom is -0.481 e. The maximum Gasteiger partial charge on any atom is 0.217 e. The Balaban J connectivity index is 1.80. The van der Waals surface area contributed by atoms with Crippen LogP contribution in [0.5, 0.6) is 5.88 Å². The number of halogens is 1. The van der Waals surface area contributed by atoms with E-state index in [0.29, 0.717) is 18.8 Å². The van der Waals surface area contributed by atoms with Crippen molar-refractivity contribution in [2.45, 2.75) is 17.9 Å². The number of methoxy groups -OCH3 is 1. The topological polar surface area (TPSA) is 45.6 Å². The quantitative estimate of drug-likeness (QED) is 0.221. The largest absolute Gasteiger partial charge is 0.481 e. The molecular weight excluding hydrogens is 524 g/mol. The first-order valence-electron chi connectivity index (χ1n) is 12.4.